The molecule has 2 amide bonds. The Balaban J connectivity index is 1.58. The van der Waals surface area contributed by atoms with Crippen LogP contribution < -0.4 is 4.74 Å². The average Bonchev–Trinajstić information content (AvgIpc) is 3.16. The number of nitrogens with zero attached hydrogens (tertiary/aromatic N) is 2. The van der Waals surface area contributed by atoms with E-state index in [0.29, 0.717) is 16.9 Å². The van der Waals surface area contributed by atoms with Crippen molar-refractivity contribution < 1.29 is 27.1 Å². The summed E-state index contributed by atoms with van der Waals surface area (Å²) in [4.78, 5) is 26.9. The highest BCUT2D eigenvalue weighted by atomic mass is 32.2. The van der Waals surface area contributed by atoms with Gasteiger partial charge in [0.05, 0.1) is 17.5 Å². The molecule has 4 rings (SSSR count). The fourth-order valence-corrected chi connectivity index (χ4v) is 5.71. The van der Waals surface area contributed by atoms with Gasteiger partial charge in [0.1, 0.15) is 29.8 Å². The van der Waals surface area contributed by atoms with Crippen LogP contribution in [0.15, 0.2) is 65.3 Å². The molecule has 174 valence electrons. The van der Waals surface area contributed by atoms with E-state index in [2.05, 4.69) is 0 Å². The minimum absolute atomic E-state index is 0.0559. The summed E-state index contributed by atoms with van der Waals surface area (Å²) < 4.78 is 43.2. The van der Waals surface area contributed by atoms with Crippen molar-refractivity contribution in [1.29, 1.82) is 5.26 Å². The number of ether oxygens (including phenoxy) is 1. The second-order valence-corrected chi connectivity index (χ2v) is 10.4. The quantitative estimate of drug-likeness (QED) is 0.481. The van der Waals surface area contributed by atoms with E-state index in [0.717, 1.165) is 4.90 Å². The third kappa shape index (κ3) is 4.63. The minimum Gasteiger partial charge on any atom is -0.489 e. The fourth-order valence-electron chi connectivity index (χ4n) is 4.01. The highest BCUT2D eigenvalue weighted by molar-refractivity contribution is 7.91. The number of hydrogen-bond donors (Lipinski definition) is 0. The molecule has 0 aromatic heterocycles. The summed E-state index contributed by atoms with van der Waals surface area (Å²) in [6, 6.07) is 14.1. The predicted molar refractivity (Wildman–Crippen MR) is 122 cm³/mol. The van der Waals surface area contributed by atoms with Gasteiger partial charge in [0.15, 0.2) is 9.84 Å². The molecule has 7 nitrogen and oxygen atoms in total. The zero-order valence-corrected chi connectivity index (χ0v) is 19.1. The number of imide groups is 1. The maximum Gasteiger partial charge on any atom is 0.271 e. The van der Waals surface area contributed by atoms with E-state index in [9.17, 15) is 27.7 Å². The molecule has 9 heteroatoms. The highest BCUT2D eigenvalue weighted by Crippen LogP contribution is 2.31. The number of benzene rings is 2. The Morgan fingerprint density at radius 1 is 1.15 bits per heavy atom. The Labute approximate surface area is 196 Å². The third-order valence-electron chi connectivity index (χ3n) is 5.89. The number of halogens is 1. The molecule has 1 saturated heterocycles. The number of rotatable bonds is 5. The summed E-state index contributed by atoms with van der Waals surface area (Å²) in [7, 11) is -3.34. The molecule has 0 saturated carbocycles. The molecule has 2 aromatic rings. The number of hydrogen-bond acceptors (Lipinski definition) is 6. The summed E-state index contributed by atoms with van der Waals surface area (Å²) in [5.74, 6) is -1.65. The Morgan fingerprint density at radius 2 is 1.85 bits per heavy atom. The lowest BCUT2D eigenvalue weighted by molar-refractivity contribution is -0.142. The van der Waals surface area contributed by atoms with Crippen molar-refractivity contribution in [1.82, 2.24) is 4.90 Å². The average molecular weight is 481 g/mol. The first kappa shape index (κ1) is 23.4. The summed E-state index contributed by atoms with van der Waals surface area (Å²) in [6.07, 6.45) is 1.71. The van der Waals surface area contributed by atoms with Crippen LogP contribution in [0.2, 0.25) is 0 Å². The van der Waals surface area contributed by atoms with Crippen molar-refractivity contribution in [3.8, 4) is 11.8 Å². The molecule has 34 heavy (non-hydrogen) atoms. The van der Waals surface area contributed by atoms with Crippen LogP contribution in [0.3, 0.4) is 0 Å². The molecule has 0 bridgehead atoms. The maximum absolute atomic E-state index is 13.8. The monoisotopic (exact) mass is 480 g/mol. The van der Waals surface area contributed by atoms with Crippen LogP contribution in [-0.4, -0.2) is 42.7 Å². The zero-order chi connectivity index (χ0) is 24.5. The number of carbonyl (C=O) groups excluding carboxylic acids is 2. The van der Waals surface area contributed by atoms with Crippen molar-refractivity contribution in [3.63, 3.8) is 0 Å². The smallest absolute Gasteiger partial charge is 0.271 e. The fraction of sp³-hybridized carbons (Fsp3) is 0.240. The van der Waals surface area contributed by atoms with E-state index in [1.54, 1.807) is 48.5 Å². The molecule has 1 fully saturated rings. The molecule has 0 spiro atoms. The van der Waals surface area contributed by atoms with E-state index >= 15 is 0 Å². The summed E-state index contributed by atoms with van der Waals surface area (Å²) in [6.45, 7) is 1.58. The molecule has 1 atom stereocenters. The van der Waals surface area contributed by atoms with Crippen molar-refractivity contribution in [2.75, 3.05) is 11.5 Å². The van der Waals surface area contributed by atoms with Gasteiger partial charge in [-0.05, 0) is 48.8 Å². The molecule has 2 heterocycles. The molecular formula is C25H21FN2O5S. The molecule has 2 aromatic carbocycles. The third-order valence-corrected chi connectivity index (χ3v) is 7.64. The van der Waals surface area contributed by atoms with Gasteiger partial charge in [-0.25, -0.2) is 12.8 Å². The standard InChI is InChI=1S/C25H21FN2O5S/c1-16-21(24(29)28(25(30)22(16)13-27)19-10-11-34(31,32)15-19)12-17-6-8-20(9-7-17)33-14-18-4-2-3-5-23(18)26/h2-9,12,19H,10-11,14-15H2,1H3/b21-12+. The second-order valence-electron chi connectivity index (χ2n) is 8.16. The number of carbonyl (C=O) groups is 2. The van der Waals surface area contributed by atoms with E-state index < -0.39 is 27.7 Å². The highest BCUT2D eigenvalue weighted by Gasteiger charge is 2.43. The number of nitriles is 1. The van der Waals surface area contributed by atoms with E-state index in [1.165, 1.54) is 13.0 Å². The second kappa shape index (κ2) is 9.23. The molecule has 0 N–H and O–H groups in total. The van der Waals surface area contributed by atoms with Gasteiger partial charge in [0.2, 0.25) is 0 Å². The molecule has 2 aliphatic heterocycles. The molecular weight excluding hydrogens is 459 g/mol. The Kier molecular flexibility index (Phi) is 6.35. The predicted octanol–water partition coefficient (Wildman–Crippen LogP) is 3.18. The van der Waals surface area contributed by atoms with Gasteiger partial charge < -0.3 is 4.74 Å². The van der Waals surface area contributed by atoms with Crippen LogP contribution >= 0.6 is 0 Å². The van der Waals surface area contributed by atoms with Crippen LogP contribution in [0.4, 0.5) is 4.39 Å². The summed E-state index contributed by atoms with van der Waals surface area (Å²) in [5.41, 5.74) is 1.26. The van der Waals surface area contributed by atoms with Crippen molar-refractivity contribution in [2.24, 2.45) is 0 Å². The van der Waals surface area contributed by atoms with Crippen molar-refractivity contribution >= 4 is 27.7 Å². The number of sulfone groups is 1. The van der Waals surface area contributed by atoms with Gasteiger partial charge in [0, 0.05) is 11.1 Å². The van der Waals surface area contributed by atoms with Gasteiger partial charge in [-0.3, -0.25) is 14.5 Å². The van der Waals surface area contributed by atoms with Gasteiger partial charge in [0.25, 0.3) is 11.8 Å². The van der Waals surface area contributed by atoms with Crippen LogP contribution in [0.1, 0.15) is 24.5 Å². The van der Waals surface area contributed by atoms with Gasteiger partial charge in [-0.15, -0.1) is 0 Å². The molecule has 1 unspecified atom stereocenters. The molecule has 0 aliphatic carbocycles. The van der Waals surface area contributed by atoms with Crippen LogP contribution in [0, 0.1) is 17.1 Å². The first-order valence-corrected chi connectivity index (χ1v) is 12.4. The Morgan fingerprint density at radius 3 is 2.47 bits per heavy atom. The lowest BCUT2D eigenvalue weighted by Gasteiger charge is -2.31. The lowest BCUT2D eigenvalue weighted by Crippen LogP contribution is -2.49. The molecule has 2 aliphatic rings. The van der Waals surface area contributed by atoms with Gasteiger partial charge in [-0.1, -0.05) is 30.3 Å². The lowest BCUT2D eigenvalue weighted by atomic mass is 9.92. The zero-order valence-electron chi connectivity index (χ0n) is 18.3. The van der Waals surface area contributed by atoms with Crippen LogP contribution in [0.5, 0.6) is 5.75 Å². The first-order chi connectivity index (χ1) is 16.2. The van der Waals surface area contributed by atoms with Crippen LogP contribution in [-0.2, 0) is 26.0 Å². The van der Waals surface area contributed by atoms with Crippen molar-refractivity contribution in [3.05, 3.63) is 82.2 Å². The largest absolute Gasteiger partial charge is 0.489 e. The topological polar surface area (TPSA) is 105 Å². The summed E-state index contributed by atoms with van der Waals surface area (Å²) in [5, 5.41) is 9.52. The Hall–Kier alpha value is -3.77. The summed E-state index contributed by atoms with van der Waals surface area (Å²) >= 11 is 0. The van der Waals surface area contributed by atoms with E-state index in [4.69, 9.17) is 4.74 Å². The first-order valence-electron chi connectivity index (χ1n) is 10.6. The van der Waals surface area contributed by atoms with Gasteiger partial charge >= 0.3 is 0 Å². The van der Waals surface area contributed by atoms with E-state index in [-0.39, 0.29) is 47.1 Å². The number of amides is 2. The van der Waals surface area contributed by atoms with Crippen molar-refractivity contribution in [2.45, 2.75) is 26.0 Å². The Bertz CT molecular complexity index is 1370. The maximum atomic E-state index is 13.8. The SMILES string of the molecule is CC1=C(C#N)C(=O)N(C2CCS(=O)(=O)C2)C(=O)/C1=C/c1ccc(OCc2ccccc2F)cc1. The minimum atomic E-state index is -3.34. The molecule has 0 radical (unpaired) electrons. The van der Waals surface area contributed by atoms with Crippen LogP contribution in [0.25, 0.3) is 6.08 Å². The normalized spacial score (nSPS) is 21.1. The van der Waals surface area contributed by atoms with E-state index in [1.807, 2.05) is 6.07 Å². The van der Waals surface area contributed by atoms with Gasteiger partial charge in [-0.2, -0.15) is 5.26 Å².